The Balaban J connectivity index is 1.53. The number of halogens is 3. The minimum absolute atomic E-state index is 0.0390. The van der Waals surface area contributed by atoms with Gasteiger partial charge in [0.1, 0.15) is 5.54 Å². The van der Waals surface area contributed by atoms with Gasteiger partial charge in [-0.15, -0.1) is 0 Å². The summed E-state index contributed by atoms with van der Waals surface area (Å²) in [5.41, 5.74) is -0.370. The monoisotopic (exact) mass is 284 g/mol. The van der Waals surface area contributed by atoms with Crippen LogP contribution in [0.25, 0.3) is 0 Å². The summed E-state index contributed by atoms with van der Waals surface area (Å²) in [5.74, 6) is 0. The Morgan fingerprint density at radius 3 is 2.50 bits per heavy atom. The van der Waals surface area contributed by atoms with Crippen LogP contribution in [0.3, 0.4) is 0 Å². The van der Waals surface area contributed by atoms with E-state index in [1.54, 1.807) is 0 Å². The molecule has 1 atom stereocenters. The Morgan fingerprint density at radius 1 is 1.20 bits per heavy atom. The standard InChI is InChI=1S/C15H19F3N2/c16-15(17,18)14(7-8-14)19-13-6-9-20(11-13)10-12-4-2-1-3-5-12/h1-5,13,19H,6-11H2. The highest BCUT2D eigenvalue weighted by Gasteiger charge is 2.63. The fourth-order valence-corrected chi connectivity index (χ4v) is 2.96. The first-order valence-corrected chi connectivity index (χ1v) is 7.09. The first-order valence-electron chi connectivity index (χ1n) is 7.09. The largest absolute Gasteiger partial charge is 0.406 e. The summed E-state index contributed by atoms with van der Waals surface area (Å²) in [5, 5.41) is 2.86. The lowest BCUT2D eigenvalue weighted by Gasteiger charge is -2.25. The average Bonchev–Trinajstić information content (AvgIpc) is 3.06. The molecular weight excluding hydrogens is 265 g/mol. The molecule has 0 bridgehead atoms. The molecule has 1 saturated carbocycles. The van der Waals surface area contributed by atoms with Crippen LogP contribution >= 0.6 is 0 Å². The van der Waals surface area contributed by atoms with Crippen molar-refractivity contribution in [2.45, 2.75) is 43.6 Å². The molecule has 0 aromatic heterocycles. The van der Waals surface area contributed by atoms with Crippen LogP contribution < -0.4 is 5.32 Å². The van der Waals surface area contributed by atoms with E-state index in [2.05, 4.69) is 22.3 Å². The van der Waals surface area contributed by atoms with Gasteiger partial charge in [-0.2, -0.15) is 13.2 Å². The third kappa shape index (κ3) is 2.83. The zero-order valence-corrected chi connectivity index (χ0v) is 11.3. The fourth-order valence-electron chi connectivity index (χ4n) is 2.96. The van der Waals surface area contributed by atoms with Crippen LogP contribution in [-0.4, -0.2) is 35.7 Å². The molecule has 0 spiro atoms. The molecule has 0 radical (unpaired) electrons. The molecule has 2 aliphatic rings. The van der Waals surface area contributed by atoms with Crippen molar-refractivity contribution in [1.29, 1.82) is 0 Å². The second kappa shape index (κ2) is 5.04. The van der Waals surface area contributed by atoms with Crippen molar-refractivity contribution in [3.05, 3.63) is 35.9 Å². The first-order chi connectivity index (χ1) is 9.48. The maximum Gasteiger partial charge on any atom is 0.406 e. The molecule has 20 heavy (non-hydrogen) atoms. The lowest BCUT2D eigenvalue weighted by Crippen LogP contribution is -2.50. The summed E-state index contributed by atoms with van der Waals surface area (Å²) in [7, 11) is 0. The fraction of sp³-hybridized carbons (Fsp3) is 0.600. The maximum atomic E-state index is 12.9. The van der Waals surface area contributed by atoms with E-state index in [0.717, 1.165) is 19.5 Å². The molecular formula is C15H19F3N2. The van der Waals surface area contributed by atoms with E-state index in [9.17, 15) is 13.2 Å². The average molecular weight is 284 g/mol. The van der Waals surface area contributed by atoms with E-state index >= 15 is 0 Å². The van der Waals surface area contributed by atoms with Crippen LogP contribution in [0.15, 0.2) is 30.3 Å². The molecule has 1 heterocycles. The Morgan fingerprint density at radius 2 is 1.90 bits per heavy atom. The van der Waals surface area contributed by atoms with Gasteiger partial charge in [-0.3, -0.25) is 10.2 Å². The Hall–Kier alpha value is -1.07. The topological polar surface area (TPSA) is 15.3 Å². The molecule has 2 fully saturated rings. The molecule has 1 aliphatic heterocycles. The van der Waals surface area contributed by atoms with Crippen LogP contribution in [0.5, 0.6) is 0 Å². The van der Waals surface area contributed by atoms with E-state index in [1.807, 2.05) is 18.2 Å². The molecule has 1 N–H and O–H groups in total. The summed E-state index contributed by atoms with van der Waals surface area (Å²) in [6, 6.07) is 10.0. The SMILES string of the molecule is FC(F)(F)C1(NC2CCN(Cc3ccccc3)C2)CC1. The van der Waals surface area contributed by atoms with Gasteiger partial charge in [-0.25, -0.2) is 0 Å². The van der Waals surface area contributed by atoms with Crippen molar-refractivity contribution >= 4 is 0 Å². The highest BCUT2D eigenvalue weighted by molar-refractivity contribution is 5.15. The van der Waals surface area contributed by atoms with E-state index in [0.29, 0.717) is 6.54 Å². The van der Waals surface area contributed by atoms with Gasteiger partial charge in [-0.05, 0) is 24.8 Å². The second-order valence-electron chi connectivity index (χ2n) is 5.93. The number of alkyl halides is 3. The van der Waals surface area contributed by atoms with Crippen LogP contribution in [0.1, 0.15) is 24.8 Å². The van der Waals surface area contributed by atoms with E-state index < -0.39 is 11.7 Å². The quantitative estimate of drug-likeness (QED) is 0.914. The van der Waals surface area contributed by atoms with Gasteiger partial charge in [-0.1, -0.05) is 30.3 Å². The van der Waals surface area contributed by atoms with Gasteiger partial charge in [0.15, 0.2) is 0 Å². The van der Waals surface area contributed by atoms with Gasteiger partial charge in [0.25, 0.3) is 0 Å². The second-order valence-corrected chi connectivity index (χ2v) is 5.93. The third-order valence-electron chi connectivity index (χ3n) is 4.29. The van der Waals surface area contributed by atoms with Crippen LogP contribution in [0.2, 0.25) is 0 Å². The predicted molar refractivity (Wildman–Crippen MR) is 71.3 cm³/mol. The minimum atomic E-state index is -4.11. The number of likely N-dealkylation sites (tertiary alicyclic amines) is 1. The van der Waals surface area contributed by atoms with Gasteiger partial charge >= 0.3 is 6.18 Å². The van der Waals surface area contributed by atoms with Crippen molar-refractivity contribution in [3.8, 4) is 0 Å². The number of hydrogen-bond donors (Lipinski definition) is 1. The molecule has 1 saturated heterocycles. The van der Waals surface area contributed by atoms with Gasteiger partial charge in [0.2, 0.25) is 0 Å². The van der Waals surface area contributed by atoms with Gasteiger partial charge in [0, 0.05) is 25.7 Å². The summed E-state index contributed by atoms with van der Waals surface area (Å²) in [6.07, 6.45) is -2.86. The van der Waals surface area contributed by atoms with Crippen LogP contribution in [0, 0.1) is 0 Å². The van der Waals surface area contributed by atoms with Crippen LogP contribution in [0.4, 0.5) is 13.2 Å². The lowest BCUT2D eigenvalue weighted by molar-refractivity contribution is -0.167. The minimum Gasteiger partial charge on any atom is -0.299 e. The summed E-state index contributed by atoms with van der Waals surface area (Å²) < 4.78 is 38.8. The van der Waals surface area contributed by atoms with Crippen molar-refractivity contribution in [2.75, 3.05) is 13.1 Å². The Labute approximate surface area is 117 Å². The molecule has 1 aromatic rings. The molecule has 3 rings (SSSR count). The number of nitrogens with zero attached hydrogens (tertiary/aromatic N) is 1. The molecule has 0 amide bonds. The first kappa shape index (κ1) is 13.9. The molecule has 110 valence electrons. The highest BCUT2D eigenvalue weighted by Crippen LogP contribution is 2.49. The third-order valence-corrected chi connectivity index (χ3v) is 4.29. The van der Waals surface area contributed by atoms with Gasteiger partial charge in [0.05, 0.1) is 0 Å². The summed E-state index contributed by atoms with van der Waals surface area (Å²) >= 11 is 0. The highest BCUT2D eigenvalue weighted by atomic mass is 19.4. The van der Waals surface area contributed by atoms with Gasteiger partial charge < -0.3 is 0 Å². The van der Waals surface area contributed by atoms with Crippen LogP contribution in [-0.2, 0) is 6.54 Å². The van der Waals surface area contributed by atoms with E-state index in [-0.39, 0.29) is 18.9 Å². The molecule has 1 unspecified atom stereocenters. The lowest BCUT2D eigenvalue weighted by atomic mass is 10.2. The molecule has 2 nitrogen and oxygen atoms in total. The number of benzene rings is 1. The zero-order valence-electron chi connectivity index (χ0n) is 11.3. The smallest absolute Gasteiger partial charge is 0.299 e. The van der Waals surface area contributed by atoms with E-state index in [1.165, 1.54) is 5.56 Å². The molecule has 1 aliphatic carbocycles. The normalized spacial score (nSPS) is 25.9. The van der Waals surface area contributed by atoms with Crippen molar-refractivity contribution in [3.63, 3.8) is 0 Å². The molecule has 1 aromatic carbocycles. The van der Waals surface area contributed by atoms with E-state index in [4.69, 9.17) is 0 Å². The number of rotatable bonds is 4. The number of nitrogens with one attached hydrogen (secondary N) is 1. The van der Waals surface area contributed by atoms with Crippen molar-refractivity contribution < 1.29 is 13.2 Å². The summed E-state index contributed by atoms with van der Waals surface area (Å²) in [6.45, 7) is 2.38. The van der Waals surface area contributed by atoms with Crippen molar-refractivity contribution in [2.24, 2.45) is 0 Å². The zero-order chi connectivity index (χ0) is 14.2. The Kier molecular flexibility index (Phi) is 3.50. The summed E-state index contributed by atoms with van der Waals surface area (Å²) in [4.78, 5) is 2.22. The number of hydrogen-bond acceptors (Lipinski definition) is 2. The maximum absolute atomic E-state index is 12.9. The predicted octanol–water partition coefficient (Wildman–Crippen LogP) is 2.95. The Bertz CT molecular complexity index is 454. The molecule has 5 heteroatoms. The van der Waals surface area contributed by atoms with Crippen molar-refractivity contribution in [1.82, 2.24) is 10.2 Å².